The number of aliphatic carboxylic acids is 1. The average Bonchev–Trinajstić information content (AvgIpc) is 3.01. The maximum Gasteiger partial charge on any atom is 1.00 e. The van der Waals surface area contributed by atoms with E-state index in [0.29, 0.717) is 20.9 Å². The Morgan fingerprint density at radius 3 is 1.43 bits per heavy atom. The van der Waals surface area contributed by atoms with E-state index in [4.69, 9.17) is 34.8 Å². The molecule has 0 saturated carbocycles. The molecule has 0 unspecified atom stereocenters. The number of carbonyl (C=O) groups is 6. The molecule has 3 aromatic heterocycles. The summed E-state index contributed by atoms with van der Waals surface area (Å²) in [5.74, 6) is -5.72. The predicted molar refractivity (Wildman–Crippen MR) is 152 cm³/mol. The number of pyridine rings is 3. The smallest absolute Gasteiger partial charge is 0.540 e. The molecule has 3 rings (SSSR count). The van der Waals surface area contributed by atoms with Gasteiger partial charge < -0.3 is 24.7 Å². The van der Waals surface area contributed by atoms with Gasteiger partial charge in [0.15, 0.2) is 0 Å². The van der Waals surface area contributed by atoms with Crippen LogP contribution in [0.1, 0.15) is 0 Å². The third-order valence-corrected chi connectivity index (χ3v) is 5.27. The van der Waals surface area contributed by atoms with Gasteiger partial charge in [-0.05, 0) is 36.4 Å². The van der Waals surface area contributed by atoms with Crippen molar-refractivity contribution in [3.63, 3.8) is 0 Å². The number of carbonyl (C=O) groups excluding carboxylic acids is 6. The van der Waals surface area contributed by atoms with Gasteiger partial charge in [0.2, 0.25) is 0 Å². The van der Waals surface area contributed by atoms with Gasteiger partial charge in [0, 0.05) is 32.7 Å². The Kier molecular flexibility index (Phi) is 17.9. The van der Waals surface area contributed by atoms with Crippen LogP contribution < -0.4 is 39.1 Å². The maximum absolute atomic E-state index is 11.3. The van der Waals surface area contributed by atoms with Crippen LogP contribution in [0.5, 0.6) is 0 Å². The van der Waals surface area contributed by atoms with Crippen molar-refractivity contribution >= 4 is 87.9 Å². The summed E-state index contributed by atoms with van der Waals surface area (Å²) in [6.07, 6.45) is 4.06. The second-order valence-corrected chi connectivity index (χ2v) is 8.79. The van der Waals surface area contributed by atoms with Crippen LogP contribution in [-0.4, -0.2) is 78.9 Å². The fraction of sp³-hybridized carbons (Fsp3) is 0.160. The number of amides is 3. The van der Waals surface area contributed by atoms with Crippen molar-refractivity contribution in [2.75, 3.05) is 43.4 Å². The molecule has 0 bridgehead atoms. The Morgan fingerprint density at radius 2 is 1.09 bits per heavy atom. The molecule has 0 aliphatic carbocycles. The Labute approximate surface area is 277 Å². The van der Waals surface area contributed by atoms with Gasteiger partial charge in [-0.15, -0.1) is 0 Å². The summed E-state index contributed by atoms with van der Waals surface area (Å²) in [6.45, 7) is 0. The molecule has 3 amide bonds. The van der Waals surface area contributed by atoms with Gasteiger partial charge in [-0.3, -0.25) is 24.2 Å². The fourth-order valence-electron chi connectivity index (χ4n) is 2.41. The predicted octanol–water partition coefficient (Wildman–Crippen LogP) is -1.83. The van der Waals surface area contributed by atoms with Gasteiger partial charge in [-0.2, -0.15) is 0 Å². The molecule has 228 valence electrons. The van der Waals surface area contributed by atoms with E-state index in [-0.39, 0.29) is 30.5 Å². The van der Waals surface area contributed by atoms with Crippen LogP contribution in [0.3, 0.4) is 0 Å². The first kappa shape index (κ1) is 39.7. The maximum atomic E-state index is 11.3. The number of methoxy groups -OCH3 is 2. The molecule has 0 aromatic carbocycles. The third kappa shape index (κ3) is 13.4. The topological polar surface area (TPSA) is 201 Å². The molecule has 0 fully saturated rings. The number of anilines is 3. The number of aromatic nitrogens is 3. The summed E-state index contributed by atoms with van der Waals surface area (Å²) in [7, 11) is 4.98. The van der Waals surface area contributed by atoms with E-state index >= 15 is 0 Å². The number of esters is 2. The molecule has 0 saturated heterocycles. The first-order chi connectivity index (χ1) is 20.2. The van der Waals surface area contributed by atoms with E-state index in [1.54, 1.807) is 12.1 Å². The van der Waals surface area contributed by atoms with Crippen molar-refractivity contribution in [1.82, 2.24) is 15.0 Å². The zero-order valence-electron chi connectivity index (χ0n) is 23.7. The number of nitrogens with zero attached hydrogens (tertiary/aromatic N) is 5. The molecule has 0 radical (unpaired) electrons. The van der Waals surface area contributed by atoms with E-state index in [2.05, 4.69) is 29.7 Å². The van der Waals surface area contributed by atoms with Gasteiger partial charge in [0.25, 0.3) is 5.91 Å². The van der Waals surface area contributed by atoms with Crippen molar-refractivity contribution in [2.24, 2.45) is 0 Å². The number of rotatable bonds is 3. The number of carboxylic acid groups (broad SMARTS) is 1. The Morgan fingerprint density at radius 1 is 0.682 bits per heavy atom. The van der Waals surface area contributed by atoms with Crippen LogP contribution in [0.2, 0.25) is 15.1 Å². The van der Waals surface area contributed by atoms with Crippen LogP contribution in [-0.2, 0) is 38.2 Å². The van der Waals surface area contributed by atoms with Gasteiger partial charge in [-0.25, -0.2) is 24.5 Å². The van der Waals surface area contributed by atoms with Crippen molar-refractivity contribution in [3.8, 4) is 0 Å². The largest absolute Gasteiger partial charge is 1.00 e. The van der Waals surface area contributed by atoms with Gasteiger partial charge in [-0.1, -0.05) is 34.8 Å². The van der Waals surface area contributed by atoms with Crippen LogP contribution in [0.25, 0.3) is 0 Å². The van der Waals surface area contributed by atoms with Crippen molar-refractivity contribution in [3.05, 3.63) is 70.1 Å². The van der Waals surface area contributed by atoms with Crippen LogP contribution in [0.15, 0.2) is 55.0 Å². The normalized spacial score (nSPS) is 9.25. The minimum absolute atomic E-state index is 0. The number of likely N-dealkylation sites (N-methyl/N-ethyl adjacent to an activating group) is 2. The van der Waals surface area contributed by atoms with E-state index in [1.165, 1.54) is 57.0 Å². The third-order valence-electron chi connectivity index (χ3n) is 4.59. The van der Waals surface area contributed by atoms with E-state index < -0.39 is 35.6 Å². The first-order valence-electron chi connectivity index (χ1n) is 11.3. The van der Waals surface area contributed by atoms with E-state index in [0.717, 1.165) is 24.0 Å². The summed E-state index contributed by atoms with van der Waals surface area (Å²) in [6, 6.07) is 9.06. The summed E-state index contributed by atoms with van der Waals surface area (Å²) in [5.41, 5.74) is 0. The number of carboxylic acids is 1. The van der Waals surface area contributed by atoms with Crippen LogP contribution in [0, 0.1) is 0 Å². The van der Waals surface area contributed by atoms with E-state index in [9.17, 15) is 33.9 Å². The fourth-order valence-corrected chi connectivity index (χ4v) is 2.75. The molecule has 15 nitrogen and oxygen atoms in total. The molecule has 0 aliphatic heterocycles. The van der Waals surface area contributed by atoms with Gasteiger partial charge >= 0.3 is 42.6 Å². The molecular formula is C25H22Cl3LiN6O9. The zero-order chi connectivity index (χ0) is 32.7. The van der Waals surface area contributed by atoms with Crippen LogP contribution in [0.4, 0.5) is 17.5 Å². The number of nitrogens with one attached hydrogen (secondary N) is 1. The summed E-state index contributed by atoms with van der Waals surface area (Å²) in [5, 5.41) is 13.8. The summed E-state index contributed by atoms with van der Waals surface area (Å²) in [4.78, 5) is 78.4. The van der Waals surface area contributed by atoms with Crippen molar-refractivity contribution in [2.45, 2.75) is 0 Å². The minimum atomic E-state index is -1.77. The van der Waals surface area contributed by atoms with Crippen molar-refractivity contribution < 1.29 is 62.2 Å². The number of hydrogen-bond donors (Lipinski definition) is 1. The summed E-state index contributed by atoms with van der Waals surface area (Å²) < 4.78 is 8.50. The summed E-state index contributed by atoms with van der Waals surface area (Å²) >= 11 is 16.8. The zero-order valence-corrected chi connectivity index (χ0v) is 26.0. The molecule has 3 aromatic rings. The van der Waals surface area contributed by atoms with Crippen LogP contribution >= 0.6 is 34.8 Å². The minimum Gasteiger partial charge on any atom is -0.540 e. The first-order valence-corrected chi connectivity index (χ1v) is 12.4. The molecule has 0 spiro atoms. The van der Waals surface area contributed by atoms with Crippen molar-refractivity contribution in [1.29, 1.82) is 0 Å². The Bertz CT molecular complexity index is 1450. The van der Waals surface area contributed by atoms with Gasteiger partial charge in [0.05, 0.1) is 29.3 Å². The molecule has 44 heavy (non-hydrogen) atoms. The number of halogens is 3. The molecule has 0 atom stereocenters. The quantitative estimate of drug-likeness (QED) is 0.187. The monoisotopic (exact) mass is 662 g/mol. The SMILES string of the molecule is CN(C(=O)C(=O)[O-])c1ccc(Cl)cn1.COC(=O)C(=O)N(C)c1ccc(Cl)cn1.COC(=O)C(=O)Nc1ccc(Cl)cn1.[Li+]. The van der Waals surface area contributed by atoms with Gasteiger partial charge in [0.1, 0.15) is 23.4 Å². The number of ether oxygens (including phenoxy) is 2. The second kappa shape index (κ2) is 19.8. The standard InChI is InChI=1S/C9H9ClN2O3.2C8H7ClN2O3.Li/c1-12(8(13)9(14)15-2)7-4-3-6(10)5-11-7;1-14-8(13)7(12)11-6-3-2-5(9)4-10-6;1-11(7(12)8(13)14)6-3-2-5(9)4-10-6;/h3-5H,1-2H3;2-4H,1H3,(H,10,11,12);2-4H,1H3,(H,13,14);/q;;;+1/p-1. The second-order valence-electron chi connectivity index (χ2n) is 7.48. The molecule has 1 N–H and O–H groups in total. The number of hydrogen-bond acceptors (Lipinski definition) is 12. The molecule has 3 heterocycles. The Hall–Kier alpha value is -4.26. The molecule has 0 aliphatic rings. The Balaban J connectivity index is 0.000000624. The molecule has 19 heteroatoms. The molecular weight excluding hydrogens is 642 g/mol. The van der Waals surface area contributed by atoms with E-state index in [1.807, 2.05) is 0 Å². The average molecular weight is 664 g/mol.